The molecule has 5 nitrogen and oxygen atoms in total. The molecule has 0 fully saturated rings. The summed E-state index contributed by atoms with van der Waals surface area (Å²) in [4.78, 5) is 24.2. The van der Waals surface area contributed by atoms with Crippen LogP contribution in [0.15, 0.2) is 60.8 Å². The van der Waals surface area contributed by atoms with Gasteiger partial charge in [0, 0.05) is 12.8 Å². The Bertz CT molecular complexity index is 853. The summed E-state index contributed by atoms with van der Waals surface area (Å²) in [5.41, 5.74) is 0. The molecule has 0 saturated heterocycles. The molecule has 0 amide bonds. The average molecular weight is 671 g/mol. The van der Waals surface area contributed by atoms with Crippen molar-refractivity contribution in [3.63, 3.8) is 0 Å². The van der Waals surface area contributed by atoms with E-state index in [0.29, 0.717) is 12.8 Å². The number of allylic oxidation sites excluding steroid dienone is 10. The Labute approximate surface area is 296 Å². The Morgan fingerprint density at radius 2 is 0.854 bits per heavy atom. The van der Waals surface area contributed by atoms with Gasteiger partial charge in [-0.2, -0.15) is 0 Å². The Kier molecular flexibility index (Phi) is 37.1. The highest BCUT2D eigenvalue weighted by Gasteiger charge is 2.15. The number of aliphatic hydroxyl groups is 1. The SMILES string of the molecule is CCCCC/C=C/C/C=C/C/C=C/C/C=C/CCCC(=O)O[C@@H](CO)COC(=O)CCCCCCCCC/C=C/CCCCCCCC. The van der Waals surface area contributed by atoms with Crippen LogP contribution in [0.3, 0.4) is 0 Å². The minimum absolute atomic E-state index is 0.0916. The first-order valence-electron chi connectivity index (χ1n) is 19.8. The molecule has 0 radical (unpaired) electrons. The molecule has 0 saturated carbocycles. The van der Waals surface area contributed by atoms with Gasteiger partial charge in [0.2, 0.25) is 0 Å². The van der Waals surface area contributed by atoms with Gasteiger partial charge in [0.1, 0.15) is 6.61 Å². The summed E-state index contributed by atoms with van der Waals surface area (Å²) in [6.45, 7) is 4.05. The largest absolute Gasteiger partial charge is 0.462 e. The van der Waals surface area contributed by atoms with E-state index in [0.717, 1.165) is 44.9 Å². The van der Waals surface area contributed by atoms with Gasteiger partial charge in [-0.25, -0.2) is 0 Å². The number of hydrogen-bond donors (Lipinski definition) is 1. The summed E-state index contributed by atoms with van der Waals surface area (Å²) < 4.78 is 10.6. The van der Waals surface area contributed by atoms with Crippen LogP contribution in [-0.2, 0) is 19.1 Å². The van der Waals surface area contributed by atoms with Crippen LogP contribution < -0.4 is 0 Å². The van der Waals surface area contributed by atoms with Gasteiger partial charge < -0.3 is 14.6 Å². The van der Waals surface area contributed by atoms with Crippen LogP contribution in [0.4, 0.5) is 0 Å². The second-order valence-corrected chi connectivity index (χ2v) is 13.0. The van der Waals surface area contributed by atoms with E-state index < -0.39 is 6.10 Å². The highest BCUT2D eigenvalue weighted by Crippen LogP contribution is 2.12. The minimum atomic E-state index is -0.802. The number of carbonyl (C=O) groups is 2. The number of carbonyl (C=O) groups excluding carboxylic acids is 2. The summed E-state index contributed by atoms with van der Waals surface area (Å²) in [6.07, 6.45) is 50.0. The molecule has 276 valence electrons. The number of unbranched alkanes of at least 4 members (excludes halogenated alkanes) is 17. The van der Waals surface area contributed by atoms with Crippen molar-refractivity contribution >= 4 is 11.9 Å². The smallest absolute Gasteiger partial charge is 0.306 e. The zero-order valence-corrected chi connectivity index (χ0v) is 31.2. The van der Waals surface area contributed by atoms with Gasteiger partial charge in [0.25, 0.3) is 0 Å². The van der Waals surface area contributed by atoms with E-state index >= 15 is 0 Å². The Balaban J connectivity index is 3.67. The summed E-state index contributed by atoms with van der Waals surface area (Å²) in [7, 11) is 0. The van der Waals surface area contributed by atoms with Gasteiger partial charge in [0.05, 0.1) is 6.61 Å². The number of ether oxygens (including phenoxy) is 2. The first-order valence-corrected chi connectivity index (χ1v) is 19.8. The third-order valence-corrected chi connectivity index (χ3v) is 8.28. The minimum Gasteiger partial charge on any atom is -0.462 e. The van der Waals surface area contributed by atoms with E-state index in [1.54, 1.807) is 0 Å². The highest BCUT2D eigenvalue weighted by atomic mass is 16.6. The molecule has 5 heteroatoms. The molecule has 0 heterocycles. The van der Waals surface area contributed by atoms with Gasteiger partial charge in [-0.05, 0) is 77.0 Å². The second kappa shape index (κ2) is 39.0. The maximum absolute atomic E-state index is 12.1. The molecule has 0 aromatic carbocycles. The van der Waals surface area contributed by atoms with Crippen LogP contribution in [0.25, 0.3) is 0 Å². The molecule has 0 aliphatic carbocycles. The molecular formula is C43H74O5. The van der Waals surface area contributed by atoms with Crippen molar-refractivity contribution in [2.45, 2.75) is 187 Å². The molecule has 0 aromatic rings. The van der Waals surface area contributed by atoms with E-state index in [4.69, 9.17) is 9.47 Å². The number of aliphatic hydroxyl groups excluding tert-OH is 1. The lowest BCUT2D eigenvalue weighted by atomic mass is 10.1. The van der Waals surface area contributed by atoms with Gasteiger partial charge in [0.15, 0.2) is 6.10 Å². The lowest BCUT2D eigenvalue weighted by molar-refractivity contribution is -0.161. The van der Waals surface area contributed by atoms with Crippen LogP contribution >= 0.6 is 0 Å². The topological polar surface area (TPSA) is 72.8 Å². The van der Waals surface area contributed by atoms with Crippen LogP contribution in [0, 0.1) is 0 Å². The molecule has 48 heavy (non-hydrogen) atoms. The van der Waals surface area contributed by atoms with Gasteiger partial charge >= 0.3 is 11.9 Å². The predicted molar refractivity (Wildman–Crippen MR) is 205 cm³/mol. The maximum Gasteiger partial charge on any atom is 0.306 e. The van der Waals surface area contributed by atoms with Crippen molar-refractivity contribution in [1.29, 1.82) is 0 Å². The zero-order chi connectivity index (χ0) is 35.0. The first kappa shape index (κ1) is 45.6. The fraction of sp³-hybridized carbons (Fsp3) is 0.721. The predicted octanol–water partition coefficient (Wildman–Crippen LogP) is 12.4. The normalized spacial score (nSPS) is 12.8. The molecule has 0 aromatic heterocycles. The molecule has 0 rings (SSSR count). The van der Waals surface area contributed by atoms with E-state index in [9.17, 15) is 14.7 Å². The van der Waals surface area contributed by atoms with Crippen molar-refractivity contribution in [3.05, 3.63) is 60.8 Å². The van der Waals surface area contributed by atoms with Crippen LogP contribution in [-0.4, -0.2) is 36.4 Å². The Morgan fingerprint density at radius 3 is 1.38 bits per heavy atom. The van der Waals surface area contributed by atoms with Gasteiger partial charge in [-0.1, -0.05) is 152 Å². The van der Waals surface area contributed by atoms with Crippen LogP contribution in [0.2, 0.25) is 0 Å². The van der Waals surface area contributed by atoms with Crippen molar-refractivity contribution in [2.24, 2.45) is 0 Å². The molecule has 0 bridgehead atoms. The zero-order valence-electron chi connectivity index (χ0n) is 31.2. The van der Waals surface area contributed by atoms with Crippen molar-refractivity contribution in [3.8, 4) is 0 Å². The fourth-order valence-electron chi connectivity index (χ4n) is 5.25. The van der Waals surface area contributed by atoms with E-state index in [1.165, 1.54) is 103 Å². The summed E-state index contributed by atoms with van der Waals surface area (Å²) in [6, 6.07) is 0. The third kappa shape index (κ3) is 36.4. The van der Waals surface area contributed by atoms with Crippen molar-refractivity contribution < 1.29 is 24.2 Å². The lowest BCUT2D eigenvalue weighted by Crippen LogP contribution is -2.28. The molecular weight excluding hydrogens is 596 g/mol. The summed E-state index contributed by atoms with van der Waals surface area (Å²) in [5, 5.41) is 9.54. The molecule has 0 aliphatic rings. The maximum atomic E-state index is 12.1. The monoisotopic (exact) mass is 671 g/mol. The number of esters is 2. The number of hydrogen-bond acceptors (Lipinski definition) is 5. The van der Waals surface area contributed by atoms with Gasteiger partial charge in [-0.15, -0.1) is 0 Å². The van der Waals surface area contributed by atoms with Crippen molar-refractivity contribution in [1.82, 2.24) is 0 Å². The molecule has 0 unspecified atom stereocenters. The van der Waals surface area contributed by atoms with Crippen LogP contribution in [0.5, 0.6) is 0 Å². The quantitative estimate of drug-likeness (QED) is 0.0413. The molecule has 0 aliphatic heterocycles. The summed E-state index contributed by atoms with van der Waals surface area (Å²) in [5.74, 6) is -0.664. The van der Waals surface area contributed by atoms with Crippen LogP contribution in [0.1, 0.15) is 181 Å². The van der Waals surface area contributed by atoms with E-state index in [2.05, 4.69) is 74.6 Å². The first-order chi connectivity index (χ1) is 23.6. The van der Waals surface area contributed by atoms with Gasteiger partial charge in [-0.3, -0.25) is 9.59 Å². The molecule has 1 N–H and O–H groups in total. The summed E-state index contributed by atoms with van der Waals surface area (Å²) >= 11 is 0. The average Bonchev–Trinajstić information content (AvgIpc) is 3.09. The lowest BCUT2D eigenvalue weighted by Gasteiger charge is -2.15. The highest BCUT2D eigenvalue weighted by molar-refractivity contribution is 5.70. The third-order valence-electron chi connectivity index (χ3n) is 8.28. The molecule has 0 spiro atoms. The fourth-order valence-corrected chi connectivity index (χ4v) is 5.25. The van der Waals surface area contributed by atoms with E-state index in [1.807, 2.05) is 0 Å². The van der Waals surface area contributed by atoms with E-state index in [-0.39, 0.29) is 31.6 Å². The second-order valence-electron chi connectivity index (χ2n) is 13.0. The Hall–Kier alpha value is -2.40. The number of rotatable bonds is 35. The Morgan fingerprint density at radius 1 is 0.479 bits per heavy atom. The molecule has 1 atom stereocenters. The standard InChI is InChI=1S/C43H74O5/c1-3-5-7-9-11-13-15-17-19-21-23-25-27-29-31-33-35-37-42(45)47-40-41(39-44)48-43(46)38-36-34-32-30-28-26-24-22-20-18-16-14-12-10-8-6-4-2/h12,14,17-20,24,26,30,32,41,44H,3-11,13,15-16,21-23,25,27-29,31,33-40H2,1-2H3/b14-12+,19-17+,20-18+,26-24+,32-30+/t41-/m0/s1. The van der Waals surface area contributed by atoms with Crippen molar-refractivity contribution in [2.75, 3.05) is 13.2 Å².